The average Bonchev–Trinajstić information content (AvgIpc) is 2.85. The highest BCUT2D eigenvalue weighted by atomic mass is 14.6. The molecule has 0 heterocycles. The summed E-state index contributed by atoms with van der Waals surface area (Å²) in [5, 5.41) is 9.62. The van der Waals surface area contributed by atoms with Gasteiger partial charge in [-0.05, 0) is 97.7 Å². The molecule has 23 heavy (non-hydrogen) atoms. The molecule has 0 aromatic heterocycles. The Balaban J connectivity index is 1.63. The lowest BCUT2D eigenvalue weighted by molar-refractivity contribution is -0.124. The second-order valence-electron chi connectivity index (χ2n) is 10.4. The SMILES string of the molecule is C[C@H]1C[C@@H]2CC[C@@H]3[C@H](CC[C@]4(C)[C@@H](C#N)CC[C@@H]34)[C@@]2(C)C[C@@H]1C. The second kappa shape index (κ2) is 5.24. The number of fused-ring (bicyclic) bond motifs is 5. The van der Waals surface area contributed by atoms with Crippen LogP contribution in [-0.4, -0.2) is 0 Å². The highest BCUT2D eigenvalue weighted by Gasteiger charge is 2.60. The van der Waals surface area contributed by atoms with Crippen molar-refractivity contribution in [3.63, 3.8) is 0 Å². The van der Waals surface area contributed by atoms with Gasteiger partial charge in [0.1, 0.15) is 0 Å². The molecule has 1 heteroatoms. The molecule has 0 N–H and O–H groups in total. The van der Waals surface area contributed by atoms with Crippen molar-refractivity contribution in [2.45, 2.75) is 79.1 Å². The van der Waals surface area contributed by atoms with Crippen LogP contribution in [0.15, 0.2) is 0 Å². The first-order chi connectivity index (χ1) is 10.9. The Hall–Kier alpha value is -0.510. The molecule has 0 unspecified atom stereocenters. The Kier molecular flexibility index (Phi) is 3.64. The first-order valence-electron chi connectivity index (χ1n) is 10.3. The van der Waals surface area contributed by atoms with Crippen molar-refractivity contribution in [2.75, 3.05) is 0 Å². The maximum absolute atomic E-state index is 9.62. The fourth-order valence-electron chi connectivity index (χ4n) is 8.03. The van der Waals surface area contributed by atoms with Gasteiger partial charge in [0.2, 0.25) is 0 Å². The van der Waals surface area contributed by atoms with E-state index in [1.165, 1.54) is 51.4 Å². The summed E-state index contributed by atoms with van der Waals surface area (Å²) in [7, 11) is 0. The fraction of sp³-hybridized carbons (Fsp3) is 0.955. The fourth-order valence-corrected chi connectivity index (χ4v) is 8.03. The molecule has 0 aliphatic heterocycles. The van der Waals surface area contributed by atoms with Gasteiger partial charge in [-0.25, -0.2) is 0 Å². The molecule has 4 fully saturated rings. The first-order valence-corrected chi connectivity index (χ1v) is 10.3. The molecule has 4 aliphatic carbocycles. The molecule has 4 aliphatic rings. The Morgan fingerprint density at radius 3 is 2.35 bits per heavy atom. The van der Waals surface area contributed by atoms with Crippen LogP contribution in [0, 0.1) is 63.6 Å². The molecule has 0 amide bonds. The van der Waals surface area contributed by atoms with Crippen LogP contribution in [-0.2, 0) is 0 Å². The van der Waals surface area contributed by atoms with Crippen LogP contribution in [0.5, 0.6) is 0 Å². The topological polar surface area (TPSA) is 23.8 Å². The van der Waals surface area contributed by atoms with E-state index in [2.05, 4.69) is 33.8 Å². The predicted octanol–water partition coefficient (Wildman–Crippen LogP) is 6.05. The maximum atomic E-state index is 9.62. The molecular weight excluding hydrogens is 278 g/mol. The molecule has 1 nitrogen and oxygen atoms in total. The van der Waals surface area contributed by atoms with Crippen molar-refractivity contribution in [2.24, 2.45) is 52.3 Å². The Bertz CT molecular complexity index is 519. The zero-order valence-electron chi connectivity index (χ0n) is 15.6. The quantitative estimate of drug-likeness (QED) is 0.534. The average molecular weight is 314 g/mol. The van der Waals surface area contributed by atoms with E-state index < -0.39 is 0 Å². The molecule has 4 saturated carbocycles. The minimum Gasteiger partial charge on any atom is -0.198 e. The molecule has 9 atom stereocenters. The summed E-state index contributed by atoms with van der Waals surface area (Å²) in [5.74, 6) is 5.86. The van der Waals surface area contributed by atoms with E-state index in [9.17, 15) is 5.26 Å². The van der Waals surface area contributed by atoms with Crippen molar-refractivity contribution in [3.05, 3.63) is 0 Å². The Morgan fingerprint density at radius 1 is 0.870 bits per heavy atom. The molecule has 0 bridgehead atoms. The number of nitriles is 1. The van der Waals surface area contributed by atoms with E-state index in [1.807, 2.05) is 0 Å². The summed E-state index contributed by atoms with van der Waals surface area (Å²) < 4.78 is 0. The van der Waals surface area contributed by atoms with Gasteiger partial charge in [0.25, 0.3) is 0 Å². The minimum atomic E-state index is 0.337. The molecule has 0 aromatic rings. The van der Waals surface area contributed by atoms with Crippen LogP contribution in [0.3, 0.4) is 0 Å². The Morgan fingerprint density at radius 2 is 1.61 bits per heavy atom. The zero-order chi connectivity index (χ0) is 16.4. The van der Waals surface area contributed by atoms with Gasteiger partial charge in [-0.15, -0.1) is 0 Å². The summed E-state index contributed by atoms with van der Waals surface area (Å²) in [6.07, 6.45) is 11.1. The largest absolute Gasteiger partial charge is 0.198 e. The Labute approximate surface area is 143 Å². The van der Waals surface area contributed by atoms with Crippen LogP contribution >= 0.6 is 0 Å². The van der Waals surface area contributed by atoms with Gasteiger partial charge in [0.05, 0.1) is 12.0 Å². The van der Waals surface area contributed by atoms with Crippen molar-refractivity contribution in [1.82, 2.24) is 0 Å². The maximum Gasteiger partial charge on any atom is 0.0661 e. The molecule has 4 rings (SSSR count). The van der Waals surface area contributed by atoms with Crippen molar-refractivity contribution >= 4 is 0 Å². The van der Waals surface area contributed by atoms with Crippen LogP contribution in [0.1, 0.15) is 79.1 Å². The standard InChI is InChI=1S/C22H35N/c1-14-11-16-5-7-18-19-8-6-17(13-23)21(19,3)10-9-20(18)22(16,4)12-15(14)2/h14-20H,5-12H2,1-4H3/t14-,15-,16-,17+,18-,19-,20-,21+,22-/m0/s1. The number of hydrogen-bond acceptors (Lipinski definition) is 1. The highest BCUT2D eigenvalue weighted by molar-refractivity contribution is 5.12. The summed E-state index contributed by atoms with van der Waals surface area (Å²) >= 11 is 0. The van der Waals surface area contributed by atoms with Gasteiger partial charge in [-0.2, -0.15) is 5.26 Å². The van der Waals surface area contributed by atoms with E-state index in [1.54, 1.807) is 0 Å². The van der Waals surface area contributed by atoms with Crippen LogP contribution in [0.4, 0.5) is 0 Å². The lowest BCUT2D eigenvalue weighted by Crippen LogP contribution is -2.54. The number of rotatable bonds is 0. The van der Waals surface area contributed by atoms with Crippen LogP contribution in [0.2, 0.25) is 0 Å². The summed E-state index contributed by atoms with van der Waals surface area (Å²) in [6, 6.07) is 2.68. The van der Waals surface area contributed by atoms with E-state index in [0.717, 1.165) is 35.5 Å². The smallest absolute Gasteiger partial charge is 0.0661 e. The monoisotopic (exact) mass is 313 g/mol. The first kappa shape index (κ1) is 16.0. The van der Waals surface area contributed by atoms with Crippen molar-refractivity contribution in [3.8, 4) is 6.07 Å². The summed E-state index contributed by atoms with van der Waals surface area (Å²) in [4.78, 5) is 0. The molecule has 128 valence electrons. The van der Waals surface area contributed by atoms with E-state index in [-0.39, 0.29) is 0 Å². The van der Waals surface area contributed by atoms with Crippen molar-refractivity contribution in [1.29, 1.82) is 5.26 Å². The van der Waals surface area contributed by atoms with Crippen molar-refractivity contribution < 1.29 is 0 Å². The van der Waals surface area contributed by atoms with Gasteiger partial charge in [0.15, 0.2) is 0 Å². The summed E-state index contributed by atoms with van der Waals surface area (Å²) in [6.45, 7) is 10.1. The van der Waals surface area contributed by atoms with Gasteiger partial charge in [0, 0.05) is 0 Å². The molecular formula is C22H35N. The highest BCUT2D eigenvalue weighted by Crippen LogP contribution is 2.68. The lowest BCUT2D eigenvalue weighted by atomic mass is 9.43. The molecule has 0 spiro atoms. The minimum absolute atomic E-state index is 0.337. The molecule has 0 saturated heterocycles. The predicted molar refractivity (Wildman–Crippen MR) is 94.5 cm³/mol. The van der Waals surface area contributed by atoms with Crippen LogP contribution in [0.25, 0.3) is 0 Å². The molecule has 0 radical (unpaired) electrons. The van der Waals surface area contributed by atoms with Gasteiger partial charge < -0.3 is 0 Å². The van der Waals surface area contributed by atoms with Gasteiger partial charge in [-0.3, -0.25) is 0 Å². The third-order valence-electron chi connectivity index (χ3n) is 9.61. The lowest BCUT2D eigenvalue weighted by Gasteiger charge is -2.61. The normalized spacial score (nSPS) is 58.7. The van der Waals surface area contributed by atoms with E-state index in [0.29, 0.717) is 16.7 Å². The van der Waals surface area contributed by atoms with Gasteiger partial charge in [-0.1, -0.05) is 27.7 Å². The third-order valence-corrected chi connectivity index (χ3v) is 9.61. The van der Waals surface area contributed by atoms with Crippen LogP contribution < -0.4 is 0 Å². The van der Waals surface area contributed by atoms with Gasteiger partial charge >= 0.3 is 0 Å². The summed E-state index contributed by atoms with van der Waals surface area (Å²) in [5.41, 5.74) is 0.938. The second-order valence-corrected chi connectivity index (χ2v) is 10.4. The third kappa shape index (κ3) is 2.09. The van der Waals surface area contributed by atoms with E-state index in [4.69, 9.17) is 0 Å². The number of hydrogen-bond donors (Lipinski definition) is 0. The molecule has 0 aromatic carbocycles. The number of nitrogens with zero attached hydrogens (tertiary/aromatic N) is 1. The van der Waals surface area contributed by atoms with E-state index >= 15 is 0 Å². The zero-order valence-corrected chi connectivity index (χ0v) is 15.6.